The minimum absolute atomic E-state index is 0.0483. The van der Waals surface area contributed by atoms with Crippen LogP contribution in [0.5, 0.6) is 0 Å². The summed E-state index contributed by atoms with van der Waals surface area (Å²) in [5.74, 6) is 0.386. The van der Waals surface area contributed by atoms with Crippen molar-refractivity contribution in [2.75, 3.05) is 18.5 Å². The number of ether oxygens (including phenoxy) is 3. The molecule has 2 aromatic rings. The molecule has 0 unspecified atom stereocenters. The molecule has 0 radical (unpaired) electrons. The molecule has 174 valence electrons. The molecule has 0 bridgehead atoms. The second-order valence-electron chi connectivity index (χ2n) is 8.28. The van der Waals surface area contributed by atoms with Gasteiger partial charge >= 0.3 is 6.09 Å². The number of nitrogens with one attached hydrogen (secondary N) is 2. The van der Waals surface area contributed by atoms with Gasteiger partial charge in [0, 0.05) is 5.69 Å². The average Bonchev–Trinajstić information content (AvgIpc) is 3.37. The zero-order chi connectivity index (χ0) is 23.6. The molecule has 2 aliphatic heterocycles. The van der Waals surface area contributed by atoms with E-state index < -0.39 is 40.5 Å². The standard InChI is InChI=1S/C23H25N3O6S/c1-14(2)15-7-9-17(10-8-15)25-23(27)32-19-13-31-21-18(12-30-22(19)21)26-33(28,29)20-6-4-3-5-16(20)11-24/h3-10,14,18-19,21-22,26H,12-13H2,1-2H3,(H,25,27)/t18-,19+,21+,22+/m0/s1. The van der Waals surface area contributed by atoms with Crippen molar-refractivity contribution in [2.24, 2.45) is 0 Å². The first kappa shape index (κ1) is 23.2. The fourth-order valence-corrected chi connectivity index (χ4v) is 5.35. The van der Waals surface area contributed by atoms with Gasteiger partial charge in [0.1, 0.15) is 18.3 Å². The minimum Gasteiger partial charge on any atom is -0.441 e. The van der Waals surface area contributed by atoms with Crippen LogP contribution >= 0.6 is 0 Å². The first-order valence-corrected chi connectivity index (χ1v) is 12.1. The first-order chi connectivity index (χ1) is 15.8. The topological polar surface area (TPSA) is 127 Å². The third-order valence-corrected chi connectivity index (χ3v) is 7.24. The van der Waals surface area contributed by atoms with Crippen LogP contribution in [0.4, 0.5) is 10.5 Å². The summed E-state index contributed by atoms with van der Waals surface area (Å²) in [6.07, 6.45) is -2.53. The van der Waals surface area contributed by atoms with Crippen molar-refractivity contribution in [3.8, 4) is 6.07 Å². The maximum atomic E-state index is 12.8. The summed E-state index contributed by atoms with van der Waals surface area (Å²) in [7, 11) is -3.97. The fourth-order valence-electron chi connectivity index (χ4n) is 3.96. The molecule has 2 fully saturated rings. The molecule has 10 heteroatoms. The molecule has 0 spiro atoms. The SMILES string of the molecule is CC(C)c1ccc(NC(=O)O[C@@H]2CO[C@H]3[C@@H]2OC[C@@H]3NS(=O)(=O)c2ccccc2C#N)cc1. The van der Waals surface area contributed by atoms with Crippen molar-refractivity contribution >= 4 is 21.8 Å². The van der Waals surface area contributed by atoms with E-state index in [4.69, 9.17) is 14.2 Å². The molecule has 2 aromatic carbocycles. The number of fused-ring (bicyclic) bond motifs is 1. The zero-order valence-corrected chi connectivity index (χ0v) is 19.0. The van der Waals surface area contributed by atoms with Gasteiger partial charge in [0.25, 0.3) is 0 Å². The van der Waals surface area contributed by atoms with E-state index in [9.17, 15) is 18.5 Å². The number of anilines is 1. The molecule has 4 rings (SSSR count). The summed E-state index contributed by atoms with van der Waals surface area (Å²) >= 11 is 0. The molecular formula is C23H25N3O6S. The van der Waals surface area contributed by atoms with E-state index in [1.807, 2.05) is 18.2 Å². The number of sulfonamides is 1. The van der Waals surface area contributed by atoms with E-state index in [2.05, 4.69) is 23.9 Å². The number of carbonyl (C=O) groups excluding carboxylic acids is 1. The number of hydrogen-bond donors (Lipinski definition) is 2. The normalized spacial score (nSPS) is 24.3. The van der Waals surface area contributed by atoms with Crippen LogP contribution < -0.4 is 10.0 Å². The van der Waals surface area contributed by atoms with Crippen LogP contribution in [0.1, 0.15) is 30.9 Å². The van der Waals surface area contributed by atoms with Gasteiger partial charge < -0.3 is 14.2 Å². The molecule has 9 nitrogen and oxygen atoms in total. The maximum absolute atomic E-state index is 12.8. The zero-order valence-electron chi connectivity index (χ0n) is 18.2. The van der Waals surface area contributed by atoms with Crippen LogP contribution in [0, 0.1) is 11.3 Å². The summed E-state index contributed by atoms with van der Waals surface area (Å²) in [5, 5.41) is 11.9. The lowest BCUT2D eigenvalue weighted by molar-refractivity contribution is 0.00883. The number of benzene rings is 2. The number of hydrogen-bond acceptors (Lipinski definition) is 7. The smallest absolute Gasteiger partial charge is 0.412 e. The van der Waals surface area contributed by atoms with E-state index >= 15 is 0 Å². The van der Waals surface area contributed by atoms with Gasteiger partial charge in [-0.15, -0.1) is 0 Å². The van der Waals surface area contributed by atoms with Crippen molar-refractivity contribution in [3.63, 3.8) is 0 Å². The van der Waals surface area contributed by atoms with Gasteiger partial charge in [-0.2, -0.15) is 5.26 Å². The monoisotopic (exact) mass is 471 g/mol. The van der Waals surface area contributed by atoms with E-state index in [0.29, 0.717) is 11.6 Å². The number of carbonyl (C=O) groups is 1. The van der Waals surface area contributed by atoms with E-state index in [1.165, 1.54) is 12.1 Å². The first-order valence-electron chi connectivity index (χ1n) is 10.6. The number of rotatable bonds is 6. The quantitative estimate of drug-likeness (QED) is 0.663. The van der Waals surface area contributed by atoms with Gasteiger partial charge in [-0.05, 0) is 35.7 Å². The van der Waals surface area contributed by atoms with Crippen LogP contribution in [0.2, 0.25) is 0 Å². The van der Waals surface area contributed by atoms with Crippen LogP contribution in [0.25, 0.3) is 0 Å². The highest BCUT2D eigenvalue weighted by atomic mass is 32.2. The molecule has 2 aliphatic rings. The Labute approximate surface area is 192 Å². The summed E-state index contributed by atoms with van der Waals surface area (Å²) in [6, 6.07) is 14.7. The Balaban J connectivity index is 1.36. The third kappa shape index (κ3) is 5.02. The Bertz CT molecular complexity index is 1160. The molecule has 33 heavy (non-hydrogen) atoms. The molecule has 0 saturated carbocycles. The lowest BCUT2D eigenvalue weighted by atomic mass is 10.0. The summed E-state index contributed by atoms with van der Waals surface area (Å²) in [5.41, 5.74) is 1.81. The van der Waals surface area contributed by atoms with Crippen LogP contribution in [0.3, 0.4) is 0 Å². The molecule has 2 N–H and O–H groups in total. The molecule has 4 atom stereocenters. The van der Waals surface area contributed by atoms with Crippen LogP contribution in [-0.4, -0.2) is 52.1 Å². The van der Waals surface area contributed by atoms with Gasteiger partial charge in [-0.25, -0.2) is 17.9 Å². The van der Waals surface area contributed by atoms with E-state index in [0.717, 1.165) is 5.56 Å². The minimum atomic E-state index is -3.97. The van der Waals surface area contributed by atoms with Gasteiger partial charge in [0.15, 0.2) is 6.10 Å². The second kappa shape index (κ2) is 9.49. The lowest BCUT2D eigenvalue weighted by Gasteiger charge is -2.18. The van der Waals surface area contributed by atoms with Crippen molar-refractivity contribution in [3.05, 3.63) is 59.7 Å². The highest BCUT2D eigenvalue weighted by molar-refractivity contribution is 7.89. The predicted molar refractivity (Wildman–Crippen MR) is 119 cm³/mol. The third-order valence-electron chi connectivity index (χ3n) is 5.69. The molecule has 2 saturated heterocycles. The Kier molecular flexibility index (Phi) is 6.67. The lowest BCUT2D eigenvalue weighted by Crippen LogP contribution is -2.44. The van der Waals surface area contributed by atoms with Gasteiger partial charge in [-0.1, -0.05) is 38.1 Å². The second-order valence-corrected chi connectivity index (χ2v) is 9.96. The average molecular weight is 472 g/mol. The number of nitriles is 1. The largest absolute Gasteiger partial charge is 0.441 e. The molecule has 0 aliphatic carbocycles. The van der Waals surface area contributed by atoms with Crippen molar-refractivity contribution in [1.29, 1.82) is 5.26 Å². The molecule has 1 amide bonds. The Morgan fingerprint density at radius 3 is 2.48 bits per heavy atom. The van der Waals surface area contributed by atoms with Crippen molar-refractivity contribution in [2.45, 2.75) is 49.0 Å². The van der Waals surface area contributed by atoms with Gasteiger partial charge in [0.05, 0.1) is 29.7 Å². The Morgan fingerprint density at radius 2 is 1.79 bits per heavy atom. The predicted octanol–water partition coefficient (Wildman–Crippen LogP) is 2.74. The van der Waals surface area contributed by atoms with E-state index in [1.54, 1.807) is 24.3 Å². The fraction of sp³-hybridized carbons (Fsp3) is 0.391. The van der Waals surface area contributed by atoms with Crippen molar-refractivity contribution < 1.29 is 27.4 Å². The van der Waals surface area contributed by atoms with Crippen molar-refractivity contribution in [1.82, 2.24) is 4.72 Å². The molecular weight excluding hydrogens is 446 g/mol. The van der Waals surface area contributed by atoms with Crippen LogP contribution in [-0.2, 0) is 24.2 Å². The molecule has 0 aromatic heterocycles. The van der Waals surface area contributed by atoms with E-state index in [-0.39, 0.29) is 23.7 Å². The highest BCUT2D eigenvalue weighted by Crippen LogP contribution is 2.30. The number of nitrogens with zero attached hydrogens (tertiary/aromatic N) is 1. The Morgan fingerprint density at radius 1 is 1.09 bits per heavy atom. The Hall–Kier alpha value is -2.97. The maximum Gasteiger partial charge on any atom is 0.412 e. The number of amides is 1. The summed E-state index contributed by atoms with van der Waals surface area (Å²) in [6.45, 7) is 4.32. The van der Waals surface area contributed by atoms with Crippen LogP contribution in [0.15, 0.2) is 53.4 Å². The molecule has 2 heterocycles. The van der Waals surface area contributed by atoms with Gasteiger partial charge in [-0.3, -0.25) is 5.32 Å². The van der Waals surface area contributed by atoms with Gasteiger partial charge in [0.2, 0.25) is 10.0 Å². The summed E-state index contributed by atoms with van der Waals surface area (Å²) < 4.78 is 45.1. The summed E-state index contributed by atoms with van der Waals surface area (Å²) in [4.78, 5) is 12.2. The highest BCUT2D eigenvalue weighted by Gasteiger charge is 2.50.